The molecule has 0 aliphatic carbocycles. The van der Waals surface area contributed by atoms with Crippen molar-refractivity contribution in [2.75, 3.05) is 0 Å². The van der Waals surface area contributed by atoms with E-state index in [1.54, 1.807) is 11.6 Å². The molecule has 3 aromatic rings. The summed E-state index contributed by atoms with van der Waals surface area (Å²) in [4.78, 5) is 4.85. The zero-order chi connectivity index (χ0) is 19.2. The number of hydrogen-bond donors (Lipinski definition) is 0. The molecule has 26 heavy (non-hydrogen) atoms. The quantitative estimate of drug-likeness (QED) is 0.632. The summed E-state index contributed by atoms with van der Waals surface area (Å²) in [5, 5.41) is 27.6. The lowest BCUT2D eigenvalue weighted by Gasteiger charge is -2.15. The Morgan fingerprint density at radius 3 is 2.42 bits per heavy atom. The summed E-state index contributed by atoms with van der Waals surface area (Å²) in [7, 11) is 1.96. The fourth-order valence-corrected chi connectivity index (χ4v) is 3.43. The first kappa shape index (κ1) is 18.2. The summed E-state index contributed by atoms with van der Waals surface area (Å²) < 4.78 is 3.65. The van der Waals surface area contributed by atoms with Crippen LogP contribution in [-0.2, 0) is 12.5 Å². The minimum absolute atomic E-state index is 0.212. The number of fused-ring (bicyclic) bond motifs is 1. The highest BCUT2D eigenvalue weighted by Gasteiger charge is 2.28. The van der Waals surface area contributed by atoms with E-state index in [0.29, 0.717) is 21.4 Å². The SMILES string of the molecule is Cc1nc(N=Nc2c(C(C)(C)C)nn3nc(C(C)C)n(C)c23)sc1C#N. The molecule has 0 spiro atoms. The molecule has 0 saturated carbocycles. The molecular formula is C17H22N8S. The summed E-state index contributed by atoms with van der Waals surface area (Å²) in [5.41, 5.74) is 2.77. The molecule has 0 aliphatic heterocycles. The van der Waals surface area contributed by atoms with Crippen molar-refractivity contribution in [2.45, 2.75) is 52.9 Å². The van der Waals surface area contributed by atoms with E-state index in [-0.39, 0.29) is 11.3 Å². The maximum atomic E-state index is 9.09. The fraction of sp³-hybridized carbons (Fsp3) is 0.529. The molecule has 3 heterocycles. The van der Waals surface area contributed by atoms with E-state index in [1.165, 1.54) is 11.3 Å². The smallest absolute Gasteiger partial charge is 0.231 e. The molecule has 0 bridgehead atoms. The van der Waals surface area contributed by atoms with Crippen LogP contribution in [-0.4, -0.2) is 24.4 Å². The standard InChI is InChI=1S/C17H22N8S/c1-9(2)14-23-25-15(24(14)7)12(13(22-25)17(4,5)6)20-21-16-19-10(3)11(8-18)26-16/h9H,1-7H3. The third-order valence-electron chi connectivity index (χ3n) is 4.03. The number of aromatic nitrogens is 5. The molecule has 0 aliphatic rings. The van der Waals surface area contributed by atoms with Crippen LogP contribution in [0.2, 0.25) is 0 Å². The molecule has 0 saturated heterocycles. The van der Waals surface area contributed by atoms with Crippen LogP contribution in [0.4, 0.5) is 10.8 Å². The van der Waals surface area contributed by atoms with Gasteiger partial charge in [0.25, 0.3) is 0 Å². The maximum absolute atomic E-state index is 9.09. The summed E-state index contributed by atoms with van der Waals surface area (Å²) in [6.07, 6.45) is 0. The predicted molar refractivity (Wildman–Crippen MR) is 100 cm³/mol. The van der Waals surface area contributed by atoms with E-state index < -0.39 is 0 Å². The van der Waals surface area contributed by atoms with Gasteiger partial charge >= 0.3 is 0 Å². The van der Waals surface area contributed by atoms with Crippen LogP contribution in [0.5, 0.6) is 0 Å². The average molecular weight is 370 g/mol. The highest BCUT2D eigenvalue weighted by atomic mass is 32.1. The van der Waals surface area contributed by atoms with Crippen molar-refractivity contribution in [2.24, 2.45) is 17.3 Å². The molecule has 0 N–H and O–H groups in total. The van der Waals surface area contributed by atoms with E-state index in [2.05, 4.69) is 66.1 Å². The van der Waals surface area contributed by atoms with E-state index in [4.69, 9.17) is 5.26 Å². The molecule has 0 radical (unpaired) electrons. The Kier molecular flexibility index (Phi) is 4.40. The second kappa shape index (κ2) is 6.29. The largest absolute Gasteiger partial charge is 0.312 e. The zero-order valence-electron chi connectivity index (χ0n) is 16.1. The second-order valence-corrected chi connectivity index (χ2v) is 8.53. The van der Waals surface area contributed by atoms with Gasteiger partial charge in [-0.1, -0.05) is 46.0 Å². The number of nitriles is 1. The van der Waals surface area contributed by atoms with Gasteiger partial charge in [-0.15, -0.1) is 20.0 Å². The lowest BCUT2D eigenvalue weighted by molar-refractivity contribution is 0.555. The molecular weight excluding hydrogens is 348 g/mol. The van der Waals surface area contributed by atoms with Crippen LogP contribution in [0.25, 0.3) is 5.65 Å². The molecule has 3 rings (SSSR count). The highest BCUT2D eigenvalue weighted by Crippen LogP contribution is 2.36. The average Bonchev–Trinajstić information content (AvgIpc) is 3.17. The summed E-state index contributed by atoms with van der Waals surface area (Å²) in [5.74, 6) is 1.20. The minimum atomic E-state index is -0.212. The Hall–Kier alpha value is -2.60. The van der Waals surface area contributed by atoms with Gasteiger partial charge in [0.05, 0.1) is 11.4 Å². The predicted octanol–water partition coefficient (Wildman–Crippen LogP) is 4.54. The van der Waals surface area contributed by atoms with Crippen molar-refractivity contribution in [1.29, 1.82) is 5.26 Å². The molecule has 9 heteroatoms. The van der Waals surface area contributed by atoms with Crippen LogP contribution >= 0.6 is 11.3 Å². The Bertz CT molecular complexity index is 1040. The molecule has 0 fully saturated rings. The van der Waals surface area contributed by atoms with Gasteiger partial charge in [0.2, 0.25) is 5.13 Å². The van der Waals surface area contributed by atoms with Gasteiger partial charge in [0.15, 0.2) is 11.3 Å². The number of aryl methyl sites for hydroxylation is 2. The minimum Gasteiger partial charge on any atom is -0.312 e. The fourth-order valence-electron chi connectivity index (χ4n) is 2.75. The van der Waals surface area contributed by atoms with Crippen molar-refractivity contribution in [3.63, 3.8) is 0 Å². The molecule has 0 unspecified atom stereocenters. The van der Waals surface area contributed by atoms with E-state index in [9.17, 15) is 0 Å². The molecule has 0 amide bonds. The molecule has 3 aromatic heterocycles. The molecule has 8 nitrogen and oxygen atoms in total. The number of rotatable bonds is 3. The third-order valence-corrected chi connectivity index (χ3v) is 4.97. The van der Waals surface area contributed by atoms with Crippen molar-refractivity contribution in [3.05, 3.63) is 22.1 Å². The van der Waals surface area contributed by atoms with Crippen LogP contribution in [0, 0.1) is 18.3 Å². The zero-order valence-corrected chi connectivity index (χ0v) is 16.9. The van der Waals surface area contributed by atoms with Crippen molar-refractivity contribution >= 4 is 27.8 Å². The number of hydrogen-bond acceptors (Lipinski definition) is 7. The third kappa shape index (κ3) is 3.01. The summed E-state index contributed by atoms with van der Waals surface area (Å²) in [6, 6.07) is 2.12. The van der Waals surface area contributed by atoms with Crippen LogP contribution in [0.1, 0.15) is 62.6 Å². The molecule has 0 atom stereocenters. The first-order valence-electron chi connectivity index (χ1n) is 8.38. The summed E-state index contributed by atoms with van der Waals surface area (Å²) >= 11 is 1.23. The van der Waals surface area contributed by atoms with Gasteiger partial charge in [0.1, 0.15) is 16.8 Å². The molecule has 0 aromatic carbocycles. The van der Waals surface area contributed by atoms with E-state index >= 15 is 0 Å². The van der Waals surface area contributed by atoms with Gasteiger partial charge in [-0.05, 0) is 6.92 Å². The normalized spacial score (nSPS) is 12.6. The Balaban J connectivity index is 2.18. The number of azo groups is 1. The monoisotopic (exact) mass is 370 g/mol. The van der Waals surface area contributed by atoms with E-state index in [1.807, 2.05) is 11.6 Å². The van der Waals surface area contributed by atoms with Crippen molar-refractivity contribution in [1.82, 2.24) is 24.4 Å². The second-order valence-electron chi connectivity index (χ2n) is 7.55. The first-order valence-corrected chi connectivity index (χ1v) is 9.20. The van der Waals surface area contributed by atoms with Gasteiger partial charge < -0.3 is 4.57 Å². The Labute approximate surface area is 156 Å². The van der Waals surface area contributed by atoms with Gasteiger partial charge in [-0.3, -0.25) is 0 Å². The van der Waals surface area contributed by atoms with Crippen LogP contribution in [0.3, 0.4) is 0 Å². The van der Waals surface area contributed by atoms with Crippen LogP contribution in [0.15, 0.2) is 10.2 Å². The lowest BCUT2D eigenvalue weighted by Crippen LogP contribution is -2.13. The summed E-state index contributed by atoms with van der Waals surface area (Å²) in [6.45, 7) is 12.2. The van der Waals surface area contributed by atoms with Gasteiger partial charge in [-0.2, -0.15) is 10.4 Å². The number of nitrogens with zero attached hydrogens (tertiary/aromatic N) is 8. The Morgan fingerprint density at radius 1 is 1.19 bits per heavy atom. The topological polar surface area (TPSA) is 96.5 Å². The number of thiazole rings is 1. The highest BCUT2D eigenvalue weighted by molar-refractivity contribution is 7.15. The van der Waals surface area contributed by atoms with E-state index in [0.717, 1.165) is 17.2 Å². The first-order chi connectivity index (χ1) is 12.1. The van der Waals surface area contributed by atoms with Gasteiger partial charge in [-0.25, -0.2) is 4.98 Å². The maximum Gasteiger partial charge on any atom is 0.231 e. The van der Waals surface area contributed by atoms with Gasteiger partial charge in [0, 0.05) is 18.4 Å². The van der Waals surface area contributed by atoms with Crippen molar-refractivity contribution in [3.8, 4) is 6.07 Å². The Morgan fingerprint density at radius 2 is 1.88 bits per heavy atom. The van der Waals surface area contributed by atoms with Crippen molar-refractivity contribution < 1.29 is 0 Å². The van der Waals surface area contributed by atoms with Crippen LogP contribution < -0.4 is 0 Å². The molecule has 136 valence electrons. The lowest BCUT2D eigenvalue weighted by atomic mass is 9.91.